The van der Waals surface area contributed by atoms with Gasteiger partial charge in [-0.2, -0.15) is 5.26 Å². The molecule has 0 saturated carbocycles. The topological polar surface area (TPSA) is 57.9 Å². The molecular weight excluding hydrogens is 296 g/mol. The molecule has 0 bridgehead atoms. The minimum atomic E-state index is -4.21. The summed E-state index contributed by atoms with van der Waals surface area (Å²) in [6, 6.07) is 12.0. The molecular formula is C15H11F2NO2S. The average molecular weight is 307 g/mol. The Kier molecular flexibility index (Phi) is 4.34. The number of hydrogen-bond acceptors (Lipinski definition) is 3. The SMILES string of the molecule is N#CCC(c1ccccc1)S(=O)(=O)c1cc(F)ccc1F. The van der Waals surface area contributed by atoms with Gasteiger partial charge in [0.15, 0.2) is 9.84 Å². The summed E-state index contributed by atoms with van der Waals surface area (Å²) in [7, 11) is -4.21. The highest BCUT2D eigenvalue weighted by molar-refractivity contribution is 7.91. The van der Waals surface area contributed by atoms with Crippen molar-refractivity contribution >= 4 is 9.84 Å². The predicted molar refractivity (Wildman–Crippen MR) is 73.0 cm³/mol. The van der Waals surface area contributed by atoms with Crippen LogP contribution < -0.4 is 0 Å². The maximum absolute atomic E-state index is 13.8. The van der Waals surface area contributed by atoms with Crippen molar-refractivity contribution in [3.63, 3.8) is 0 Å². The molecule has 1 atom stereocenters. The van der Waals surface area contributed by atoms with E-state index in [2.05, 4.69) is 0 Å². The van der Waals surface area contributed by atoms with Crippen molar-refractivity contribution < 1.29 is 17.2 Å². The molecule has 0 spiro atoms. The normalized spacial score (nSPS) is 12.6. The van der Waals surface area contributed by atoms with E-state index >= 15 is 0 Å². The van der Waals surface area contributed by atoms with Crippen molar-refractivity contribution in [1.29, 1.82) is 5.26 Å². The molecule has 2 rings (SSSR count). The molecule has 0 saturated heterocycles. The van der Waals surface area contributed by atoms with Crippen molar-refractivity contribution in [2.24, 2.45) is 0 Å². The van der Waals surface area contributed by atoms with E-state index in [4.69, 9.17) is 5.26 Å². The Morgan fingerprint density at radius 1 is 1.10 bits per heavy atom. The summed E-state index contributed by atoms with van der Waals surface area (Å²) in [6.45, 7) is 0. The second kappa shape index (κ2) is 6.02. The summed E-state index contributed by atoms with van der Waals surface area (Å²) >= 11 is 0. The third kappa shape index (κ3) is 3.09. The summed E-state index contributed by atoms with van der Waals surface area (Å²) < 4.78 is 52.1. The number of benzene rings is 2. The predicted octanol–water partition coefficient (Wildman–Crippen LogP) is 3.39. The highest BCUT2D eigenvalue weighted by Crippen LogP contribution is 2.33. The van der Waals surface area contributed by atoms with E-state index in [1.807, 2.05) is 0 Å². The van der Waals surface area contributed by atoms with E-state index in [0.29, 0.717) is 11.6 Å². The summed E-state index contributed by atoms with van der Waals surface area (Å²) in [5.41, 5.74) is 0.364. The van der Waals surface area contributed by atoms with Crippen LogP contribution in [0.25, 0.3) is 0 Å². The van der Waals surface area contributed by atoms with E-state index in [0.717, 1.165) is 12.1 Å². The lowest BCUT2D eigenvalue weighted by Gasteiger charge is -2.16. The molecule has 0 aliphatic heterocycles. The van der Waals surface area contributed by atoms with Gasteiger partial charge in [-0.25, -0.2) is 17.2 Å². The smallest absolute Gasteiger partial charge is 0.189 e. The molecule has 2 aromatic carbocycles. The summed E-state index contributed by atoms with van der Waals surface area (Å²) in [5.74, 6) is -1.88. The van der Waals surface area contributed by atoms with Crippen molar-refractivity contribution in [3.8, 4) is 6.07 Å². The second-order valence-electron chi connectivity index (χ2n) is 4.38. The van der Waals surface area contributed by atoms with Crippen LogP contribution in [0.2, 0.25) is 0 Å². The van der Waals surface area contributed by atoms with Crippen molar-refractivity contribution in [3.05, 3.63) is 65.7 Å². The Labute approximate surface area is 121 Å². The number of nitriles is 1. The molecule has 0 N–H and O–H groups in total. The molecule has 108 valence electrons. The maximum Gasteiger partial charge on any atom is 0.189 e. The van der Waals surface area contributed by atoms with Crippen molar-refractivity contribution in [2.75, 3.05) is 0 Å². The zero-order valence-electron chi connectivity index (χ0n) is 10.8. The molecule has 0 aliphatic rings. The first-order chi connectivity index (χ1) is 9.96. The van der Waals surface area contributed by atoms with Crippen molar-refractivity contribution in [1.82, 2.24) is 0 Å². The van der Waals surface area contributed by atoms with E-state index in [9.17, 15) is 17.2 Å². The van der Waals surface area contributed by atoms with Crippen LogP contribution in [0.3, 0.4) is 0 Å². The van der Waals surface area contributed by atoms with E-state index in [1.54, 1.807) is 24.3 Å². The van der Waals surface area contributed by atoms with E-state index in [1.165, 1.54) is 12.1 Å². The Bertz CT molecular complexity index is 783. The van der Waals surface area contributed by atoms with Crippen molar-refractivity contribution in [2.45, 2.75) is 16.6 Å². The van der Waals surface area contributed by atoms with Gasteiger partial charge in [0.2, 0.25) is 0 Å². The van der Waals surface area contributed by atoms with Crippen LogP contribution in [-0.4, -0.2) is 8.42 Å². The minimum absolute atomic E-state index is 0.345. The molecule has 0 heterocycles. The van der Waals surface area contributed by atoms with Crippen LogP contribution in [0.5, 0.6) is 0 Å². The average Bonchev–Trinajstić information content (AvgIpc) is 2.48. The summed E-state index contributed by atoms with van der Waals surface area (Å²) in [4.78, 5) is -0.730. The standard InChI is InChI=1S/C15H11F2NO2S/c16-12-6-7-13(17)15(10-12)21(19,20)14(8-9-18)11-4-2-1-3-5-11/h1-7,10,14H,8H2. The Balaban J connectivity index is 2.59. The van der Waals surface area contributed by atoms with Gasteiger partial charge in [-0.1, -0.05) is 30.3 Å². The van der Waals surface area contributed by atoms with Gasteiger partial charge < -0.3 is 0 Å². The zero-order chi connectivity index (χ0) is 15.5. The number of sulfone groups is 1. The number of halogens is 2. The van der Waals surface area contributed by atoms with Gasteiger partial charge in [-0.05, 0) is 23.8 Å². The number of hydrogen-bond donors (Lipinski definition) is 0. The third-order valence-corrected chi connectivity index (χ3v) is 5.14. The number of nitrogens with zero attached hydrogens (tertiary/aromatic N) is 1. The fraction of sp³-hybridized carbons (Fsp3) is 0.133. The molecule has 1 unspecified atom stereocenters. The second-order valence-corrected chi connectivity index (χ2v) is 6.48. The minimum Gasteiger partial charge on any atom is -0.223 e. The Morgan fingerprint density at radius 3 is 2.38 bits per heavy atom. The van der Waals surface area contributed by atoms with Crippen LogP contribution in [-0.2, 0) is 9.84 Å². The Hall–Kier alpha value is -2.26. The van der Waals surface area contributed by atoms with Crippen LogP contribution in [0.1, 0.15) is 17.2 Å². The van der Waals surface area contributed by atoms with Gasteiger partial charge in [-0.3, -0.25) is 0 Å². The molecule has 0 radical (unpaired) electrons. The molecule has 3 nitrogen and oxygen atoms in total. The first kappa shape index (κ1) is 15.1. The highest BCUT2D eigenvalue weighted by Gasteiger charge is 2.31. The maximum atomic E-state index is 13.8. The van der Waals surface area contributed by atoms with Gasteiger partial charge in [0.05, 0.1) is 12.5 Å². The van der Waals surface area contributed by atoms with Crippen LogP contribution >= 0.6 is 0 Å². The van der Waals surface area contributed by atoms with Crippen LogP contribution in [0.4, 0.5) is 8.78 Å². The van der Waals surface area contributed by atoms with E-state index < -0.39 is 31.6 Å². The first-order valence-corrected chi connectivity index (χ1v) is 7.62. The number of rotatable bonds is 4. The quantitative estimate of drug-likeness (QED) is 0.870. The van der Waals surface area contributed by atoms with Gasteiger partial charge >= 0.3 is 0 Å². The molecule has 0 fully saturated rings. The zero-order valence-corrected chi connectivity index (χ0v) is 11.6. The molecule has 6 heteroatoms. The lowest BCUT2D eigenvalue weighted by Crippen LogP contribution is -2.15. The third-order valence-electron chi connectivity index (χ3n) is 3.02. The molecule has 2 aromatic rings. The Morgan fingerprint density at radius 2 is 1.76 bits per heavy atom. The van der Waals surface area contributed by atoms with Gasteiger partial charge in [0.1, 0.15) is 21.8 Å². The molecule has 0 aromatic heterocycles. The summed E-state index contributed by atoms with van der Waals surface area (Å²) in [6.07, 6.45) is -0.345. The monoisotopic (exact) mass is 307 g/mol. The van der Waals surface area contributed by atoms with E-state index in [-0.39, 0.29) is 6.42 Å². The largest absolute Gasteiger partial charge is 0.223 e. The van der Waals surface area contributed by atoms with Crippen LogP contribution in [0.15, 0.2) is 53.4 Å². The lowest BCUT2D eigenvalue weighted by molar-refractivity contribution is 0.546. The highest BCUT2D eigenvalue weighted by atomic mass is 32.2. The first-order valence-electron chi connectivity index (χ1n) is 6.07. The van der Waals surface area contributed by atoms with Gasteiger partial charge in [0.25, 0.3) is 0 Å². The van der Waals surface area contributed by atoms with Gasteiger partial charge in [-0.15, -0.1) is 0 Å². The fourth-order valence-corrected chi connectivity index (χ4v) is 3.74. The summed E-state index contributed by atoms with van der Waals surface area (Å²) in [5, 5.41) is 7.61. The van der Waals surface area contributed by atoms with Gasteiger partial charge in [0, 0.05) is 0 Å². The lowest BCUT2D eigenvalue weighted by atomic mass is 10.1. The van der Waals surface area contributed by atoms with Crippen LogP contribution in [0, 0.1) is 23.0 Å². The fourth-order valence-electron chi connectivity index (χ4n) is 2.01. The molecule has 21 heavy (non-hydrogen) atoms. The molecule has 0 aliphatic carbocycles. The molecule has 0 amide bonds.